The number of hydrogen-bond acceptors (Lipinski definition) is 2. The molecule has 0 spiro atoms. The van der Waals surface area contributed by atoms with Gasteiger partial charge in [0.2, 0.25) is 0 Å². The molecule has 1 saturated carbocycles. The van der Waals surface area contributed by atoms with E-state index in [0.29, 0.717) is 18.5 Å². The average Bonchev–Trinajstić information content (AvgIpc) is 3.10. The fraction of sp³-hybridized carbons (Fsp3) is 0.571. The zero-order valence-corrected chi connectivity index (χ0v) is 10.9. The minimum atomic E-state index is -4.67. The van der Waals surface area contributed by atoms with E-state index in [2.05, 4.69) is 5.32 Å². The zero-order valence-electron chi connectivity index (χ0n) is 10.9. The molecule has 2 nitrogen and oxygen atoms in total. The lowest BCUT2D eigenvalue weighted by atomic mass is 10.0. The summed E-state index contributed by atoms with van der Waals surface area (Å²) >= 11 is 0. The van der Waals surface area contributed by atoms with Crippen molar-refractivity contribution in [3.8, 4) is 0 Å². The lowest BCUT2D eigenvalue weighted by Crippen LogP contribution is -2.24. The number of halogens is 4. The molecule has 2 rings (SSSR count). The second-order valence-corrected chi connectivity index (χ2v) is 5.39. The van der Waals surface area contributed by atoms with E-state index in [1.165, 1.54) is 6.07 Å². The number of alkyl halides is 3. The Morgan fingerprint density at radius 3 is 2.50 bits per heavy atom. The van der Waals surface area contributed by atoms with Crippen LogP contribution in [-0.2, 0) is 12.7 Å². The maximum atomic E-state index is 13.1. The summed E-state index contributed by atoms with van der Waals surface area (Å²) in [7, 11) is 0. The molecular formula is C14H17F4NO. The highest BCUT2D eigenvalue weighted by Crippen LogP contribution is 2.47. The van der Waals surface area contributed by atoms with Crippen LogP contribution < -0.4 is 5.32 Å². The quantitative estimate of drug-likeness (QED) is 0.789. The normalized spacial score (nSPS) is 17.2. The molecule has 0 radical (unpaired) electrons. The van der Waals surface area contributed by atoms with Crippen LogP contribution in [0.1, 0.15) is 30.4 Å². The first-order valence-corrected chi connectivity index (χ1v) is 6.54. The van der Waals surface area contributed by atoms with Crippen molar-refractivity contribution < 1.29 is 22.7 Å². The molecule has 0 saturated heterocycles. The third-order valence-corrected chi connectivity index (χ3v) is 3.76. The van der Waals surface area contributed by atoms with Gasteiger partial charge in [0.15, 0.2) is 0 Å². The van der Waals surface area contributed by atoms with E-state index < -0.39 is 17.6 Å². The molecule has 112 valence electrons. The van der Waals surface area contributed by atoms with Gasteiger partial charge in [0.05, 0.1) is 5.56 Å². The summed E-state index contributed by atoms with van der Waals surface area (Å²) in [6, 6.07) is 3.04. The second-order valence-electron chi connectivity index (χ2n) is 5.39. The van der Waals surface area contributed by atoms with Gasteiger partial charge < -0.3 is 10.4 Å². The van der Waals surface area contributed by atoms with Crippen molar-refractivity contribution in [3.63, 3.8) is 0 Å². The molecule has 1 aliphatic carbocycles. The van der Waals surface area contributed by atoms with Crippen LogP contribution in [0.2, 0.25) is 0 Å². The van der Waals surface area contributed by atoms with Crippen molar-refractivity contribution in [1.82, 2.24) is 5.32 Å². The molecule has 20 heavy (non-hydrogen) atoms. The molecule has 0 aromatic heterocycles. The molecule has 1 fully saturated rings. The molecule has 1 aromatic rings. The third kappa shape index (κ3) is 3.70. The van der Waals surface area contributed by atoms with Crippen LogP contribution in [0.3, 0.4) is 0 Å². The first kappa shape index (κ1) is 15.3. The highest BCUT2D eigenvalue weighted by atomic mass is 19.4. The van der Waals surface area contributed by atoms with Gasteiger partial charge in [0.1, 0.15) is 5.82 Å². The Hall–Kier alpha value is -1.14. The first-order chi connectivity index (χ1) is 9.36. The highest BCUT2D eigenvalue weighted by Gasteiger charge is 2.41. The lowest BCUT2D eigenvalue weighted by molar-refractivity contribution is -0.140. The molecule has 0 aliphatic heterocycles. The molecule has 2 N–H and O–H groups in total. The Labute approximate surface area is 114 Å². The van der Waals surface area contributed by atoms with Crippen LogP contribution in [0, 0.1) is 11.2 Å². The van der Waals surface area contributed by atoms with E-state index in [1.807, 2.05) is 0 Å². The molecule has 1 aromatic carbocycles. The number of hydrogen-bond donors (Lipinski definition) is 2. The van der Waals surface area contributed by atoms with Gasteiger partial charge >= 0.3 is 6.18 Å². The molecule has 0 unspecified atom stereocenters. The maximum Gasteiger partial charge on any atom is 0.419 e. The fourth-order valence-electron chi connectivity index (χ4n) is 2.30. The lowest BCUT2D eigenvalue weighted by Gasteiger charge is -2.15. The summed E-state index contributed by atoms with van der Waals surface area (Å²) in [6.45, 7) is 1.04. The summed E-state index contributed by atoms with van der Waals surface area (Å²) in [4.78, 5) is 0. The monoisotopic (exact) mass is 291 g/mol. The maximum absolute atomic E-state index is 13.1. The molecule has 0 atom stereocenters. The van der Waals surface area contributed by atoms with Gasteiger partial charge in [-0.15, -0.1) is 0 Å². The summed E-state index contributed by atoms with van der Waals surface area (Å²) in [5.41, 5.74) is -0.728. The number of nitrogens with one attached hydrogen (secondary N) is 1. The third-order valence-electron chi connectivity index (χ3n) is 3.76. The second kappa shape index (κ2) is 5.69. The van der Waals surface area contributed by atoms with E-state index >= 15 is 0 Å². The molecule has 0 bridgehead atoms. The van der Waals surface area contributed by atoms with Gasteiger partial charge in [-0.25, -0.2) is 4.39 Å². The number of aliphatic hydroxyl groups excluding tert-OH is 1. The number of aliphatic hydroxyl groups is 1. The van der Waals surface area contributed by atoms with Gasteiger partial charge in [-0.05, 0) is 42.4 Å². The molecule has 6 heteroatoms. The van der Waals surface area contributed by atoms with Crippen LogP contribution in [0.15, 0.2) is 18.2 Å². The summed E-state index contributed by atoms with van der Waals surface area (Å²) in [6.07, 6.45) is -1.92. The predicted octanol–water partition coefficient (Wildman–Crippen LogP) is 3.10. The van der Waals surface area contributed by atoms with Crippen molar-refractivity contribution in [2.24, 2.45) is 5.41 Å². The molecule has 1 aliphatic rings. The van der Waals surface area contributed by atoms with Gasteiger partial charge in [0, 0.05) is 19.7 Å². The summed E-state index contributed by atoms with van der Waals surface area (Å²) in [5, 5.41) is 12.0. The van der Waals surface area contributed by atoms with Crippen LogP contribution in [0.5, 0.6) is 0 Å². The van der Waals surface area contributed by atoms with Crippen LogP contribution in [0.4, 0.5) is 17.6 Å². The largest absolute Gasteiger partial charge is 0.419 e. The minimum absolute atomic E-state index is 0.0988. The Bertz CT molecular complexity index is 469. The Morgan fingerprint density at radius 1 is 1.25 bits per heavy atom. The van der Waals surface area contributed by atoms with E-state index in [1.54, 1.807) is 0 Å². The van der Waals surface area contributed by atoms with Gasteiger partial charge in [-0.2, -0.15) is 13.2 Å². The average molecular weight is 291 g/mol. The van der Waals surface area contributed by atoms with Crippen LogP contribution in [0.25, 0.3) is 0 Å². The number of benzene rings is 1. The van der Waals surface area contributed by atoms with E-state index in [0.717, 1.165) is 25.0 Å². The van der Waals surface area contributed by atoms with E-state index in [4.69, 9.17) is 5.11 Å². The van der Waals surface area contributed by atoms with Gasteiger partial charge in [-0.3, -0.25) is 0 Å². The minimum Gasteiger partial charge on any atom is -0.396 e. The van der Waals surface area contributed by atoms with E-state index in [9.17, 15) is 17.6 Å². The molecular weight excluding hydrogens is 274 g/mol. The molecule has 0 heterocycles. The van der Waals surface area contributed by atoms with Crippen LogP contribution in [-0.4, -0.2) is 18.3 Å². The van der Waals surface area contributed by atoms with Gasteiger partial charge in [0.25, 0.3) is 0 Å². The predicted molar refractivity (Wildman–Crippen MR) is 66.5 cm³/mol. The summed E-state index contributed by atoms with van der Waals surface area (Å²) in [5.74, 6) is -1.25. The SMILES string of the molecule is OCCC1(CNCc2ccc(F)c(C(F)(F)F)c2)CC1. The topological polar surface area (TPSA) is 32.3 Å². The Morgan fingerprint density at radius 2 is 1.95 bits per heavy atom. The standard InChI is InChI=1S/C14H17F4NO/c15-12-2-1-10(7-11(12)14(16,17)18)8-19-9-13(3-4-13)5-6-20/h1-2,7,19-20H,3-6,8-9H2. The van der Waals surface area contributed by atoms with Crippen molar-refractivity contribution >= 4 is 0 Å². The van der Waals surface area contributed by atoms with Gasteiger partial charge in [-0.1, -0.05) is 6.07 Å². The van der Waals surface area contributed by atoms with E-state index in [-0.39, 0.29) is 18.6 Å². The van der Waals surface area contributed by atoms with Crippen molar-refractivity contribution in [3.05, 3.63) is 35.1 Å². The smallest absolute Gasteiger partial charge is 0.396 e. The van der Waals surface area contributed by atoms with Crippen LogP contribution >= 0.6 is 0 Å². The van der Waals surface area contributed by atoms with Crippen molar-refractivity contribution in [2.75, 3.05) is 13.2 Å². The Balaban J connectivity index is 1.94. The fourth-order valence-corrected chi connectivity index (χ4v) is 2.30. The first-order valence-electron chi connectivity index (χ1n) is 6.54. The summed E-state index contributed by atoms with van der Waals surface area (Å²) < 4.78 is 50.8. The van der Waals surface area contributed by atoms with Crippen molar-refractivity contribution in [2.45, 2.75) is 32.0 Å². The highest BCUT2D eigenvalue weighted by molar-refractivity contribution is 5.27. The Kier molecular flexibility index (Phi) is 4.34. The number of rotatable bonds is 6. The zero-order chi connectivity index (χ0) is 14.8. The van der Waals surface area contributed by atoms with Crippen molar-refractivity contribution in [1.29, 1.82) is 0 Å². The molecule has 0 amide bonds.